The van der Waals surface area contributed by atoms with Crippen molar-refractivity contribution in [3.8, 4) is 0 Å². The summed E-state index contributed by atoms with van der Waals surface area (Å²) < 4.78 is 1.68. The molecule has 0 saturated heterocycles. The second-order valence-corrected chi connectivity index (χ2v) is 6.02. The number of ketones is 1. The van der Waals surface area contributed by atoms with Gasteiger partial charge >= 0.3 is 0 Å². The molecule has 1 aromatic carbocycles. The Kier molecular flexibility index (Phi) is 3.94. The van der Waals surface area contributed by atoms with E-state index in [1.54, 1.807) is 29.8 Å². The summed E-state index contributed by atoms with van der Waals surface area (Å²) in [5.41, 5.74) is 8.29. The maximum absolute atomic E-state index is 12.2. The normalized spacial score (nSPS) is 13.7. The number of nitrogens with zero attached hydrogens (tertiary/aromatic N) is 1. The van der Waals surface area contributed by atoms with E-state index in [2.05, 4.69) is 5.32 Å². The third kappa shape index (κ3) is 2.63. The summed E-state index contributed by atoms with van der Waals surface area (Å²) in [5.74, 6) is -0.0669. The summed E-state index contributed by atoms with van der Waals surface area (Å²) in [6.45, 7) is 0. The van der Waals surface area contributed by atoms with Gasteiger partial charge in [-0.25, -0.2) is 0 Å². The zero-order valence-electron chi connectivity index (χ0n) is 12.6. The van der Waals surface area contributed by atoms with Gasteiger partial charge in [0.15, 0.2) is 5.78 Å². The van der Waals surface area contributed by atoms with Gasteiger partial charge in [0, 0.05) is 13.5 Å². The fourth-order valence-electron chi connectivity index (χ4n) is 3.06. The molecule has 3 rings (SSSR count). The van der Waals surface area contributed by atoms with Crippen LogP contribution in [0.15, 0.2) is 18.2 Å². The number of anilines is 2. The van der Waals surface area contributed by atoms with Crippen molar-refractivity contribution in [1.29, 1.82) is 0 Å². The van der Waals surface area contributed by atoms with E-state index in [0.717, 1.165) is 6.42 Å². The first kappa shape index (κ1) is 15.7. The van der Waals surface area contributed by atoms with Crippen molar-refractivity contribution in [2.75, 3.05) is 5.32 Å². The lowest BCUT2D eigenvalue weighted by Gasteiger charge is -2.13. The third-order valence-electron chi connectivity index (χ3n) is 4.08. The topological polar surface area (TPSA) is 77.1 Å². The minimum absolute atomic E-state index is 0.0210. The first-order chi connectivity index (χ1) is 10.9. The van der Waals surface area contributed by atoms with Crippen molar-refractivity contribution in [3.05, 3.63) is 40.0 Å². The largest absolute Gasteiger partial charge is 0.365 e. The van der Waals surface area contributed by atoms with Crippen LogP contribution in [0.5, 0.6) is 0 Å². The van der Waals surface area contributed by atoms with Gasteiger partial charge in [-0.1, -0.05) is 23.1 Å². The Hall–Kier alpha value is -2.21. The zero-order valence-corrected chi connectivity index (χ0v) is 13.4. The second kappa shape index (κ2) is 5.78. The lowest BCUT2D eigenvalue weighted by Crippen LogP contribution is -2.17. The van der Waals surface area contributed by atoms with Crippen LogP contribution in [-0.4, -0.2) is 24.1 Å². The minimum atomic E-state index is -0.564. The summed E-state index contributed by atoms with van der Waals surface area (Å²) in [7, 11) is 7.43. The maximum atomic E-state index is 12.2. The van der Waals surface area contributed by atoms with E-state index in [9.17, 15) is 9.59 Å². The highest BCUT2D eigenvalue weighted by Crippen LogP contribution is 2.35. The predicted octanol–water partition coefficient (Wildman–Crippen LogP) is 1.83. The number of rotatable bonds is 3. The minimum Gasteiger partial charge on any atom is -0.365 e. The summed E-state index contributed by atoms with van der Waals surface area (Å²) in [4.78, 5) is 24.2. The number of halogens is 1. The molecule has 0 fully saturated rings. The van der Waals surface area contributed by atoms with Crippen LogP contribution in [-0.2, 0) is 13.5 Å². The Balaban J connectivity index is 2.15. The fourth-order valence-corrected chi connectivity index (χ4v) is 3.29. The number of nitrogens with two attached hydrogens (primary N) is 1. The molecule has 1 aliphatic carbocycles. The average molecular weight is 328 g/mol. The number of aromatic nitrogens is 1. The number of hydrogen-bond acceptors (Lipinski definition) is 3. The molecule has 0 aliphatic heterocycles. The van der Waals surface area contributed by atoms with Crippen molar-refractivity contribution in [2.45, 2.75) is 19.3 Å². The van der Waals surface area contributed by atoms with Crippen molar-refractivity contribution >= 4 is 48.1 Å². The number of nitrogens with one attached hydrogen (secondary N) is 1. The molecule has 1 aromatic heterocycles. The van der Waals surface area contributed by atoms with E-state index in [1.807, 2.05) is 0 Å². The van der Waals surface area contributed by atoms with Gasteiger partial charge in [-0.2, -0.15) is 0 Å². The molecule has 0 unspecified atom stereocenters. The molecular formula is C16H15BClN3O2. The first-order valence-electron chi connectivity index (χ1n) is 7.26. The second-order valence-electron chi connectivity index (χ2n) is 5.62. The number of hydrogen-bond donors (Lipinski definition) is 2. The van der Waals surface area contributed by atoms with Crippen LogP contribution in [0.2, 0.25) is 5.02 Å². The molecule has 116 valence electrons. The van der Waals surface area contributed by atoms with Crippen LogP contribution < -0.4 is 16.5 Å². The van der Waals surface area contributed by atoms with Gasteiger partial charge < -0.3 is 15.6 Å². The Morgan fingerprint density at radius 2 is 2.13 bits per heavy atom. The van der Waals surface area contributed by atoms with Gasteiger partial charge in [0.2, 0.25) is 0 Å². The van der Waals surface area contributed by atoms with Crippen LogP contribution in [0, 0.1) is 0 Å². The number of carbonyl (C=O) groups is 2. The van der Waals surface area contributed by atoms with Crippen LogP contribution in [0.4, 0.5) is 11.5 Å². The molecule has 7 heteroatoms. The quantitative estimate of drug-likeness (QED) is 0.844. The van der Waals surface area contributed by atoms with Crippen molar-refractivity contribution in [3.63, 3.8) is 0 Å². The molecule has 0 bridgehead atoms. The highest BCUT2D eigenvalue weighted by Gasteiger charge is 2.30. The van der Waals surface area contributed by atoms with Gasteiger partial charge in [-0.05, 0) is 30.5 Å². The molecule has 23 heavy (non-hydrogen) atoms. The molecule has 2 radical (unpaired) electrons. The molecule has 0 saturated carbocycles. The van der Waals surface area contributed by atoms with Gasteiger partial charge in [0.05, 0.1) is 22.0 Å². The van der Waals surface area contributed by atoms with Crippen LogP contribution >= 0.6 is 11.6 Å². The monoisotopic (exact) mass is 327 g/mol. The SMILES string of the molecule is [B]c1ccc(Nc2c(C(N)=O)c3c(n2C)C(=O)CCC3)c(Cl)c1. The molecule has 1 heterocycles. The Morgan fingerprint density at radius 1 is 1.39 bits per heavy atom. The highest BCUT2D eigenvalue weighted by molar-refractivity contribution is 6.37. The average Bonchev–Trinajstić information content (AvgIpc) is 2.76. The molecule has 2 aromatic rings. The van der Waals surface area contributed by atoms with Gasteiger partial charge in [-0.15, -0.1) is 0 Å². The van der Waals surface area contributed by atoms with E-state index in [-0.39, 0.29) is 5.78 Å². The molecule has 3 N–H and O–H groups in total. The Morgan fingerprint density at radius 3 is 2.78 bits per heavy atom. The van der Waals surface area contributed by atoms with Crippen LogP contribution in [0.3, 0.4) is 0 Å². The molecule has 1 amide bonds. The summed E-state index contributed by atoms with van der Waals surface area (Å²) in [6, 6.07) is 5.03. The molecule has 0 spiro atoms. The van der Waals surface area contributed by atoms with Crippen molar-refractivity contribution < 1.29 is 9.59 Å². The number of fused-ring (bicyclic) bond motifs is 1. The van der Waals surface area contributed by atoms with E-state index < -0.39 is 5.91 Å². The lowest BCUT2D eigenvalue weighted by molar-refractivity contribution is 0.0964. The molecule has 1 aliphatic rings. The number of Topliss-reactive ketones (excluding diaryl/α,β-unsaturated/α-hetero) is 1. The first-order valence-corrected chi connectivity index (χ1v) is 7.64. The predicted molar refractivity (Wildman–Crippen MR) is 91.3 cm³/mol. The van der Waals surface area contributed by atoms with E-state index in [4.69, 9.17) is 25.2 Å². The number of benzene rings is 1. The van der Waals surface area contributed by atoms with E-state index >= 15 is 0 Å². The fraction of sp³-hybridized carbons (Fsp3) is 0.250. The number of primary amides is 1. The van der Waals surface area contributed by atoms with Crippen LogP contribution in [0.25, 0.3) is 0 Å². The smallest absolute Gasteiger partial charge is 0.252 e. The van der Waals surface area contributed by atoms with Crippen molar-refractivity contribution in [2.24, 2.45) is 12.8 Å². The Labute approximate surface area is 140 Å². The molecular weight excluding hydrogens is 312 g/mol. The van der Waals surface area contributed by atoms with Crippen LogP contribution in [0.1, 0.15) is 39.3 Å². The van der Waals surface area contributed by atoms with Crippen molar-refractivity contribution in [1.82, 2.24) is 4.57 Å². The number of carbonyl (C=O) groups excluding carboxylic acids is 2. The lowest BCUT2D eigenvalue weighted by atomic mass is 9.93. The standard InChI is InChI=1S/C16H15BClN3O2/c1-21-14-9(3-2-4-12(14)22)13(15(19)23)16(21)20-11-6-5-8(17)7-10(11)18/h5-7,20H,2-4H2,1H3,(H2,19,23). The molecule has 0 atom stereocenters. The summed E-state index contributed by atoms with van der Waals surface area (Å²) in [6.07, 6.45) is 1.85. The number of amides is 1. The van der Waals surface area contributed by atoms with E-state index in [1.165, 1.54) is 0 Å². The maximum Gasteiger partial charge on any atom is 0.252 e. The van der Waals surface area contributed by atoms with Gasteiger partial charge in [-0.3, -0.25) is 9.59 Å². The zero-order chi connectivity index (χ0) is 16.7. The summed E-state index contributed by atoms with van der Waals surface area (Å²) >= 11 is 6.18. The summed E-state index contributed by atoms with van der Waals surface area (Å²) in [5, 5.41) is 3.54. The van der Waals surface area contributed by atoms with Gasteiger partial charge in [0.1, 0.15) is 13.7 Å². The third-order valence-corrected chi connectivity index (χ3v) is 4.40. The highest BCUT2D eigenvalue weighted by atomic mass is 35.5. The van der Waals surface area contributed by atoms with E-state index in [0.29, 0.717) is 51.7 Å². The Bertz CT molecular complexity index is 829. The van der Waals surface area contributed by atoms with Gasteiger partial charge in [0.25, 0.3) is 5.91 Å². The molecule has 5 nitrogen and oxygen atoms in total.